The van der Waals surface area contributed by atoms with E-state index >= 15 is 0 Å². The van der Waals surface area contributed by atoms with Crippen LogP contribution in [0.1, 0.15) is 36.5 Å². The van der Waals surface area contributed by atoms with Crippen molar-refractivity contribution in [1.29, 1.82) is 0 Å². The minimum Gasteiger partial charge on any atom is -0.481 e. The third-order valence-corrected chi connectivity index (χ3v) is 2.96. The number of nitro benzene ring substituents is 1. The molecule has 0 unspecified atom stereocenters. The second kappa shape index (κ2) is 6.53. The maximum atomic E-state index is 11.2. The van der Waals surface area contributed by atoms with Crippen molar-refractivity contribution in [2.24, 2.45) is 0 Å². The summed E-state index contributed by atoms with van der Waals surface area (Å²) in [7, 11) is 0. The number of nitrogens with zero attached hydrogens (tertiary/aromatic N) is 1. The Hall–Kier alpha value is -2.61. The Morgan fingerprint density at radius 2 is 2.15 bits per heavy atom. The molecule has 5 nitrogen and oxygen atoms in total. The number of carboxylic acids is 1. The summed E-state index contributed by atoms with van der Waals surface area (Å²) in [4.78, 5) is 21.4. The van der Waals surface area contributed by atoms with Crippen molar-refractivity contribution < 1.29 is 14.8 Å². The first-order valence-corrected chi connectivity index (χ1v) is 6.03. The van der Waals surface area contributed by atoms with Crippen molar-refractivity contribution in [3.05, 3.63) is 45.0 Å². The van der Waals surface area contributed by atoms with Gasteiger partial charge in [0.05, 0.1) is 10.5 Å². The molecule has 0 aromatic heterocycles. The van der Waals surface area contributed by atoms with E-state index in [4.69, 9.17) is 11.5 Å². The van der Waals surface area contributed by atoms with Crippen LogP contribution in [0, 0.1) is 29.4 Å². The first kappa shape index (κ1) is 15.4. The van der Waals surface area contributed by atoms with E-state index in [1.165, 1.54) is 6.07 Å². The summed E-state index contributed by atoms with van der Waals surface area (Å²) in [5, 5.41) is 19.9. The highest BCUT2D eigenvalue weighted by Gasteiger charge is 2.20. The number of allylic oxidation sites excluding steroid dienone is 2. The van der Waals surface area contributed by atoms with Gasteiger partial charge in [0.25, 0.3) is 5.69 Å². The second-order valence-corrected chi connectivity index (χ2v) is 4.30. The molecule has 0 amide bonds. The Morgan fingerprint density at radius 3 is 2.60 bits per heavy atom. The normalized spacial score (nSPS) is 10.9. The molecular formula is C15H15NO4. The highest BCUT2D eigenvalue weighted by Crippen LogP contribution is 2.33. The second-order valence-electron chi connectivity index (χ2n) is 4.30. The van der Waals surface area contributed by atoms with Gasteiger partial charge in [-0.2, -0.15) is 0 Å². The number of hydrogen-bond acceptors (Lipinski definition) is 3. The molecule has 0 aliphatic heterocycles. The van der Waals surface area contributed by atoms with E-state index in [0.717, 1.165) is 0 Å². The first-order chi connectivity index (χ1) is 9.40. The van der Waals surface area contributed by atoms with E-state index < -0.39 is 10.9 Å². The van der Waals surface area contributed by atoms with Crippen molar-refractivity contribution >= 4 is 17.2 Å². The van der Waals surface area contributed by atoms with Crippen molar-refractivity contribution in [2.75, 3.05) is 0 Å². The average molecular weight is 273 g/mol. The molecule has 0 bridgehead atoms. The quantitative estimate of drug-likeness (QED) is 0.507. The molecule has 0 aliphatic rings. The Kier molecular flexibility index (Phi) is 5.04. The van der Waals surface area contributed by atoms with Crippen LogP contribution in [0.4, 0.5) is 5.69 Å². The van der Waals surface area contributed by atoms with Crippen molar-refractivity contribution in [3.8, 4) is 12.3 Å². The fourth-order valence-electron chi connectivity index (χ4n) is 2.07. The first-order valence-electron chi connectivity index (χ1n) is 6.03. The molecule has 0 radical (unpaired) electrons. The molecule has 1 aromatic carbocycles. The Balaban J connectivity index is 3.38. The van der Waals surface area contributed by atoms with E-state index in [2.05, 4.69) is 5.92 Å². The molecule has 1 N–H and O–H groups in total. The molecule has 5 heteroatoms. The summed E-state index contributed by atoms with van der Waals surface area (Å²) in [6, 6.07) is 3.03. The standard InChI is InChI=1S/C15H15NO4/c1-4-11-8-10(3)15(13(9-11)16(19)20)12(5-2)6-7-14(17)18/h1,5,8-9H,6-7H2,2-3H3,(H,17,18)/b12-5-. The molecule has 0 aliphatic carbocycles. The summed E-state index contributed by atoms with van der Waals surface area (Å²) in [6.07, 6.45) is 7.14. The van der Waals surface area contributed by atoms with E-state index in [9.17, 15) is 14.9 Å². The van der Waals surface area contributed by atoms with Gasteiger partial charge in [-0.15, -0.1) is 6.42 Å². The molecule has 0 spiro atoms. The van der Waals surface area contributed by atoms with Crippen molar-refractivity contribution in [3.63, 3.8) is 0 Å². The molecule has 0 saturated heterocycles. The van der Waals surface area contributed by atoms with Gasteiger partial charge in [0.15, 0.2) is 0 Å². The van der Waals surface area contributed by atoms with Crippen LogP contribution in [0.2, 0.25) is 0 Å². The van der Waals surface area contributed by atoms with Crippen LogP contribution in [0.25, 0.3) is 5.57 Å². The molecule has 1 aromatic rings. The van der Waals surface area contributed by atoms with Crippen LogP contribution in [0.15, 0.2) is 18.2 Å². The van der Waals surface area contributed by atoms with E-state index in [0.29, 0.717) is 22.3 Å². The monoisotopic (exact) mass is 273 g/mol. The summed E-state index contributed by atoms with van der Waals surface area (Å²) >= 11 is 0. The van der Waals surface area contributed by atoms with Crippen LogP contribution in [0.3, 0.4) is 0 Å². The van der Waals surface area contributed by atoms with Gasteiger partial charge in [0.1, 0.15) is 0 Å². The zero-order valence-electron chi connectivity index (χ0n) is 11.3. The van der Waals surface area contributed by atoms with Gasteiger partial charge in [-0.3, -0.25) is 14.9 Å². The largest absolute Gasteiger partial charge is 0.481 e. The maximum absolute atomic E-state index is 11.2. The van der Waals surface area contributed by atoms with Gasteiger partial charge in [-0.1, -0.05) is 12.0 Å². The number of hydrogen-bond donors (Lipinski definition) is 1. The predicted molar refractivity (Wildman–Crippen MR) is 76.3 cm³/mol. The lowest BCUT2D eigenvalue weighted by Crippen LogP contribution is -2.01. The smallest absolute Gasteiger partial charge is 0.303 e. The minimum atomic E-state index is -0.940. The number of benzene rings is 1. The highest BCUT2D eigenvalue weighted by atomic mass is 16.6. The van der Waals surface area contributed by atoms with Gasteiger partial charge < -0.3 is 5.11 Å². The SMILES string of the molecule is C#Cc1cc(C)c(/C(=C\C)CCC(=O)O)c([N+](=O)[O-])c1. The number of aryl methyl sites for hydroxylation is 1. The summed E-state index contributed by atoms with van der Waals surface area (Å²) < 4.78 is 0. The zero-order chi connectivity index (χ0) is 15.3. The van der Waals surface area contributed by atoms with Gasteiger partial charge >= 0.3 is 5.97 Å². The number of rotatable bonds is 5. The van der Waals surface area contributed by atoms with E-state index in [-0.39, 0.29) is 18.5 Å². The number of carbonyl (C=O) groups is 1. The molecule has 0 heterocycles. The van der Waals surface area contributed by atoms with Gasteiger partial charge in [-0.05, 0) is 37.5 Å². The average Bonchev–Trinajstić information content (AvgIpc) is 2.39. The topological polar surface area (TPSA) is 80.4 Å². The van der Waals surface area contributed by atoms with Crippen LogP contribution < -0.4 is 0 Å². The van der Waals surface area contributed by atoms with Gasteiger partial charge in [-0.25, -0.2) is 0 Å². The third kappa shape index (κ3) is 3.45. The molecule has 1 rings (SSSR count). The molecule has 0 atom stereocenters. The number of carboxylic acid groups (broad SMARTS) is 1. The fraction of sp³-hybridized carbons (Fsp3) is 0.267. The fourth-order valence-corrected chi connectivity index (χ4v) is 2.07. The van der Waals surface area contributed by atoms with E-state index in [1.807, 2.05) is 0 Å². The molecule has 20 heavy (non-hydrogen) atoms. The lowest BCUT2D eigenvalue weighted by molar-refractivity contribution is -0.385. The van der Waals surface area contributed by atoms with Crippen LogP contribution >= 0.6 is 0 Å². The molecular weight excluding hydrogens is 258 g/mol. The van der Waals surface area contributed by atoms with Crippen LogP contribution in [-0.2, 0) is 4.79 Å². The molecule has 104 valence electrons. The van der Waals surface area contributed by atoms with Gasteiger partial charge in [0.2, 0.25) is 0 Å². The Bertz CT molecular complexity index is 623. The van der Waals surface area contributed by atoms with E-state index in [1.54, 1.807) is 26.0 Å². The maximum Gasteiger partial charge on any atom is 0.303 e. The number of aliphatic carboxylic acids is 1. The minimum absolute atomic E-state index is 0.0762. The van der Waals surface area contributed by atoms with Crippen LogP contribution in [-0.4, -0.2) is 16.0 Å². The predicted octanol–water partition coefficient (Wildman–Crippen LogP) is 3.15. The number of terminal acetylenes is 1. The van der Waals surface area contributed by atoms with Crippen molar-refractivity contribution in [1.82, 2.24) is 0 Å². The van der Waals surface area contributed by atoms with Gasteiger partial charge in [0, 0.05) is 18.1 Å². The molecule has 0 saturated carbocycles. The summed E-state index contributed by atoms with van der Waals surface area (Å²) in [5.41, 5.74) is 2.12. The van der Waals surface area contributed by atoms with Crippen molar-refractivity contribution in [2.45, 2.75) is 26.7 Å². The lowest BCUT2D eigenvalue weighted by atomic mass is 9.93. The Morgan fingerprint density at radius 1 is 1.50 bits per heavy atom. The van der Waals surface area contributed by atoms with Crippen LogP contribution in [0.5, 0.6) is 0 Å². The zero-order valence-corrected chi connectivity index (χ0v) is 11.3. The summed E-state index contributed by atoms with van der Waals surface area (Å²) in [6.45, 7) is 3.46. The molecule has 0 fully saturated rings. The Labute approximate surface area is 117 Å². The summed E-state index contributed by atoms with van der Waals surface area (Å²) in [5.74, 6) is 1.44. The highest BCUT2D eigenvalue weighted by molar-refractivity contribution is 5.79. The third-order valence-electron chi connectivity index (χ3n) is 2.96. The number of nitro groups is 1. The lowest BCUT2D eigenvalue weighted by Gasteiger charge is -2.11.